The van der Waals surface area contributed by atoms with Crippen LogP contribution in [0, 0.1) is 6.92 Å². The van der Waals surface area contributed by atoms with Crippen LogP contribution in [-0.4, -0.2) is 30.5 Å². The molecule has 4 heteroatoms. The molecule has 196 valence electrons. The Hall–Kier alpha value is -2.44. The fourth-order valence-electron chi connectivity index (χ4n) is 5.57. The molecule has 0 aliphatic heterocycles. The van der Waals surface area contributed by atoms with Gasteiger partial charge in [-0.25, -0.2) is 0 Å². The van der Waals surface area contributed by atoms with Crippen molar-refractivity contribution in [2.45, 2.75) is 65.5 Å². The highest BCUT2D eigenvalue weighted by atomic mass is 127. The van der Waals surface area contributed by atoms with Crippen LogP contribution in [0.5, 0.6) is 0 Å². The quantitative estimate of drug-likeness (QED) is 0.290. The van der Waals surface area contributed by atoms with Gasteiger partial charge in [0, 0.05) is 16.8 Å². The van der Waals surface area contributed by atoms with Crippen LogP contribution in [0.2, 0.25) is 0 Å². The average molecular weight is 609 g/mol. The van der Waals surface area contributed by atoms with Crippen molar-refractivity contribution in [2.75, 3.05) is 19.4 Å². The number of fused-ring (bicyclic) bond motifs is 1. The molecule has 0 unspecified atom stereocenters. The molecule has 4 rings (SSSR count). The van der Waals surface area contributed by atoms with Crippen LogP contribution in [0.4, 0.5) is 5.69 Å². The summed E-state index contributed by atoms with van der Waals surface area (Å²) in [6.45, 7) is 7.65. The summed E-state index contributed by atoms with van der Waals surface area (Å²) in [6, 6.07) is 24.3. The molecule has 0 atom stereocenters. The van der Waals surface area contributed by atoms with Gasteiger partial charge in [0.2, 0.25) is 0 Å². The zero-order valence-electron chi connectivity index (χ0n) is 23.0. The number of nitrogens with one attached hydrogen (secondary N) is 1. The summed E-state index contributed by atoms with van der Waals surface area (Å²) in [7, 11) is 4.63. The number of hydrogen-bond acceptors (Lipinski definition) is 1. The lowest BCUT2D eigenvalue weighted by atomic mass is 9.97. The number of carbonyl (C=O) groups excluding carboxylic acids is 1. The van der Waals surface area contributed by atoms with Gasteiger partial charge in [-0.1, -0.05) is 67.9 Å². The lowest BCUT2D eigenvalue weighted by Gasteiger charge is -2.37. The van der Waals surface area contributed by atoms with Gasteiger partial charge in [-0.3, -0.25) is 4.79 Å². The van der Waals surface area contributed by atoms with Crippen molar-refractivity contribution < 1.29 is 33.3 Å². The van der Waals surface area contributed by atoms with Crippen molar-refractivity contribution in [2.24, 2.45) is 0 Å². The van der Waals surface area contributed by atoms with Gasteiger partial charge in [0.15, 0.2) is 0 Å². The van der Waals surface area contributed by atoms with E-state index in [1.54, 1.807) is 0 Å². The van der Waals surface area contributed by atoms with Gasteiger partial charge in [0.25, 0.3) is 5.91 Å². The summed E-state index contributed by atoms with van der Waals surface area (Å²) in [5, 5.41) is 3.15. The number of aryl methyl sites for hydroxylation is 2. The van der Waals surface area contributed by atoms with Crippen LogP contribution < -0.4 is 29.3 Å². The average Bonchev–Trinajstić information content (AvgIpc) is 3.08. The van der Waals surface area contributed by atoms with Gasteiger partial charge in [-0.2, -0.15) is 0 Å². The molecule has 3 aromatic carbocycles. The van der Waals surface area contributed by atoms with E-state index in [2.05, 4.69) is 101 Å². The molecule has 1 aliphatic rings. The molecule has 0 saturated carbocycles. The topological polar surface area (TPSA) is 29.1 Å². The third kappa shape index (κ3) is 7.32. The maximum atomic E-state index is 13.2. The van der Waals surface area contributed by atoms with Crippen molar-refractivity contribution in [1.82, 2.24) is 0 Å². The van der Waals surface area contributed by atoms with Gasteiger partial charge >= 0.3 is 0 Å². The van der Waals surface area contributed by atoms with Gasteiger partial charge in [0.05, 0.1) is 20.1 Å². The Morgan fingerprint density at radius 2 is 1.54 bits per heavy atom. The predicted molar refractivity (Wildman–Crippen MR) is 153 cm³/mol. The molecule has 0 heterocycles. The summed E-state index contributed by atoms with van der Waals surface area (Å²) in [4.78, 5) is 13.2. The SMILES string of the molecule is CCC(CC)[N+](C)(C)Cc1ccc(NC(=O)C2=Cc3cc(-c4ccc(C)cc4)ccc3CCC2)cc1.[I-]. The van der Waals surface area contributed by atoms with Crippen LogP contribution in [0.25, 0.3) is 17.2 Å². The first-order chi connectivity index (χ1) is 17.3. The van der Waals surface area contributed by atoms with E-state index in [-0.39, 0.29) is 29.9 Å². The fourth-order valence-corrected chi connectivity index (χ4v) is 5.57. The Morgan fingerprint density at radius 3 is 2.19 bits per heavy atom. The summed E-state index contributed by atoms with van der Waals surface area (Å²) >= 11 is 0. The van der Waals surface area contributed by atoms with Crippen molar-refractivity contribution in [3.63, 3.8) is 0 Å². The van der Waals surface area contributed by atoms with Crippen LogP contribution in [0.15, 0.2) is 72.3 Å². The van der Waals surface area contributed by atoms with E-state index in [0.29, 0.717) is 6.04 Å². The van der Waals surface area contributed by atoms with Crippen molar-refractivity contribution in [3.05, 3.63) is 94.6 Å². The molecule has 0 fully saturated rings. The molecule has 37 heavy (non-hydrogen) atoms. The van der Waals surface area contributed by atoms with E-state index in [4.69, 9.17) is 0 Å². The second-order valence-corrected chi connectivity index (χ2v) is 10.9. The number of rotatable bonds is 8. The molecule has 0 bridgehead atoms. The normalized spacial score (nSPS) is 13.3. The predicted octanol–water partition coefficient (Wildman–Crippen LogP) is 4.79. The van der Waals surface area contributed by atoms with Gasteiger partial charge in [-0.15, -0.1) is 0 Å². The summed E-state index contributed by atoms with van der Waals surface area (Å²) < 4.78 is 0.982. The lowest BCUT2D eigenvalue weighted by molar-refractivity contribution is -0.928. The summed E-state index contributed by atoms with van der Waals surface area (Å²) in [5.74, 6) is 0.00415. The van der Waals surface area contributed by atoms with E-state index < -0.39 is 0 Å². The van der Waals surface area contributed by atoms with Crippen LogP contribution in [0.3, 0.4) is 0 Å². The maximum absolute atomic E-state index is 13.2. The third-order valence-electron chi connectivity index (χ3n) is 7.78. The van der Waals surface area contributed by atoms with E-state index in [0.717, 1.165) is 47.1 Å². The molecule has 0 aromatic heterocycles. The Kier molecular flexibility index (Phi) is 10.1. The fraction of sp³-hybridized carbons (Fsp3) is 0.364. The molecular formula is C33H41IN2O. The van der Waals surface area contributed by atoms with Gasteiger partial charge in [0.1, 0.15) is 6.54 Å². The van der Waals surface area contributed by atoms with Crippen molar-refractivity contribution in [3.8, 4) is 11.1 Å². The Bertz CT molecular complexity index is 1220. The highest BCUT2D eigenvalue weighted by Crippen LogP contribution is 2.29. The van der Waals surface area contributed by atoms with Crippen LogP contribution >= 0.6 is 0 Å². The number of halogens is 1. The molecule has 1 amide bonds. The first kappa shape index (κ1) is 29.1. The maximum Gasteiger partial charge on any atom is 0.251 e. The molecule has 0 saturated heterocycles. The molecule has 3 nitrogen and oxygen atoms in total. The Balaban J connectivity index is 0.00000380. The van der Waals surface area contributed by atoms with Crippen molar-refractivity contribution >= 4 is 17.7 Å². The zero-order chi connectivity index (χ0) is 25.7. The first-order valence-corrected chi connectivity index (χ1v) is 13.4. The minimum Gasteiger partial charge on any atom is -1.00 e. The van der Waals surface area contributed by atoms with Gasteiger partial charge < -0.3 is 33.8 Å². The smallest absolute Gasteiger partial charge is 0.251 e. The molecular weight excluding hydrogens is 567 g/mol. The second-order valence-electron chi connectivity index (χ2n) is 10.9. The minimum atomic E-state index is 0. The van der Waals surface area contributed by atoms with E-state index in [1.165, 1.54) is 40.7 Å². The Morgan fingerprint density at radius 1 is 0.892 bits per heavy atom. The van der Waals surface area contributed by atoms with E-state index in [9.17, 15) is 4.79 Å². The highest BCUT2D eigenvalue weighted by molar-refractivity contribution is 6.07. The number of quaternary nitrogens is 1. The number of nitrogens with zero attached hydrogens (tertiary/aromatic N) is 1. The number of carbonyl (C=O) groups is 1. The minimum absolute atomic E-state index is 0. The highest BCUT2D eigenvalue weighted by Gasteiger charge is 2.25. The number of hydrogen-bond donors (Lipinski definition) is 1. The number of anilines is 1. The molecule has 3 aromatic rings. The van der Waals surface area contributed by atoms with Gasteiger partial charge in [-0.05, 0) is 85.6 Å². The lowest BCUT2D eigenvalue weighted by Crippen LogP contribution is -3.00. The molecule has 1 aliphatic carbocycles. The van der Waals surface area contributed by atoms with E-state index in [1.807, 2.05) is 12.1 Å². The van der Waals surface area contributed by atoms with Crippen LogP contribution in [0.1, 0.15) is 61.8 Å². The molecule has 1 N–H and O–H groups in total. The standard InChI is InChI=1S/C33H40N2O.HI/c1-6-32(7-2)35(4,5)23-25-13-19-31(20-14-25)34-33(36)29-10-8-9-26-17-18-28(21-30(26)22-29)27-15-11-24(3)12-16-27;/h11-22,32H,6-10,23H2,1-5H3;1H. The number of benzene rings is 3. The second kappa shape index (κ2) is 12.9. The molecule has 0 spiro atoms. The van der Waals surface area contributed by atoms with E-state index >= 15 is 0 Å². The summed E-state index contributed by atoms with van der Waals surface area (Å²) in [5.41, 5.74) is 9.14. The van der Waals surface area contributed by atoms with Crippen molar-refractivity contribution in [1.29, 1.82) is 0 Å². The monoisotopic (exact) mass is 608 g/mol. The Labute approximate surface area is 240 Å². The summed E-state index contributed by atoms with van der Waals surface area (Å²) in [6.07, 6.45) is 7.23. The number of amides is 1. The third-order valence-corrected chi connectivity index (χ3v) is 7.78. The first-order valence-electron chi connectivity index (χ1n) is 13.4. The largest absolute Gasteiger partial charge is 1.00 e. The zero-order valence-corrected chi connectivity index (χ0v) is 25.1. The molecule has 0 radical (unpaired) electrons. The van der Waals surface area contributed by atoms with Crippen LogP contribution in [-0.2, 0) is 17.8 Å².